The molecule has 152 valence electrons. The minimum Gasteiger partial charge on any atom is -0.346 e. The normalized spacial score (nSPS) is 13.9. The molecule has 0 heterocycles. The molecule has 0 fully saturated rings. The minimum absolute atomic E-state index is 0.0916. The van der Waals surface area contributed by atoms with E-state index in [4.69, 9.17) is 0 Å². The Morgan fingerprint density at radius 1 is 0.560 bits per heavy atom. The highest BCUT2D eigenvalue weighted by molar-refractivity contribution is 7.38. The summed E-state index contributed by atoms with van der Waals surface area (Å²) in [5.41, 5.74) is 0.0916. The van der Waals surface area contributed by atoms with Gasteiger partial charge in [0.1, 0.15) is 0 Å². The van der Waals surface area contributed by atoms with Crippen molar-refractivity contribution in [2.24, 2.45) is 0 Å². The minimum atomic E-state index is -2.32. The van der Waals surface area contributed by atoms with Crippen LogP contribution < -0.4 is 0 Å². The highest BCUT2D eigenvalue weighted by Gasteiger charge is 2.13. The molecule has 0 aromatic heterocycles. The quantitative estimate of drug-likeness (QED) is 0.172. The highest BCUT2D eigenvalue weighted by Crippen LogP contribution is 2.31. The zero-order valence-electron chi connectivity index (χ0n) is 17.4. The van der Waals surface area contributed by atoms with Crippen LogP contribution in [0.2, 0.25) is 0 Å². The van der Waals surface area contributed by atoms with E-state index in [2.05, 4.69) is 13.8 Å². The van der Waals surface area contributed by atoms with Crippen LogP contribution >= 0.6 is 8.03 Å². The fraction of sp³-hybridized carbons (Fsp3) is 1.00. The largest absolute Gasteiger partial charge is 0.346 e. The van der Waals surface area contributed by atoms with Gasteiger partial charge in [-0.3, -0.25) is 4.57 Å². The van der Waals surface area contributed by atoms with Crippen LogP contribution in [0, 0.1) is 0 Å². The molecule has 0 saturated carbocycles. The molecular formula is C22H47O2P. The molecule has 0 aliphatic carbocycles. The fourth-order valence-electron chi connectivity index (χ4n) is 3.62. The Bertz CT molecular complexity index is 281. The smallest absolute Gasteiger partial charge is 0.192 e. The first-order valence-corrected chi connectivity index (χ1v) is 12.9. The lowest BCUT2D eigenvalue weighted by atomic mass is 10.0. The van der Waals surface area contributed by atoms with E-state index in [1.54, 1.807) is 0 Å². The standard InChI is InChI=1S/C22H47O2P/c1-3-5-7-8-9-10-11-12-13-14-15-16-17-19-21-22(25(23)24)20-18-6-4-2/h22,25H,3-21H2,1-2H3,(H,23,24). The van der Waals surface area contributed by atoms with Crippen LogP contribution in [0.4, 0.5) is 0 Å². The summed E-state index contributed by atoms with van der Waals surface area (Å²) in [5.74, 6) is 0. The van der Waals surface area contributed by atoms with Gasteiger partial charge in [-0.2, -0.15) is 0 Å². The second kappa shape index (κ2) is 20.5. The summed E-state index contributed by atoms with van der Waals surface area (Å²) >= 11 is 0. The van der Waals surface area contributed by atoms with Crippen molar-refractivity contribution >= 4 is 8.03 Å². The average molecular weight is 375 g/mol. The zero-order chi connectivity index (χ0) is 18.6. The third-order valence-electron chi connectivity index (χ3n) is 5.41. The van der Waals surface area contributed by atoms with Gasteiger partial charge in [-0.1, -0.05) is 123 Å². The van der Waals surface area contributed by atoms with Crippen LogP contribution in [-0.2, 0) is 4.57 Å². The van der Waals surface area contributed by atoms with Gasteiger partial charge in [-0.15, -0.1) is 0 Å². The summed E-state index contributed by atoms with van der Waals surface area (Å²) in [4.78, 5) is 9.46. The number of unbranched alkanes of at least 4 members (excludes halogenated alkanes) is 15. The third kappa shape index (κ3) is 18.8. The van der Waals surface area contributed by atoms with Crippen molar-refractivity contribution in [3.8, 4) is 0 Å². The van der Waals surface area contributed by atoms with Crippen molar-refractivity contribution in [2.75, 3.05) is 0 Å². The van der Waals surface area contributed by atoms with Crippen LogP contribution in [0.15, 0.2) is 0 Å². The van der Waals surface area contributed by atoms with Crippen molar-refractivity contribution in [3.63, 3.8) is 0 Å². The summed E-state index contributed by atoms with van der Waals surface area (Å²) in [7, 11) is -2.32. The lowest BCUT2D eigenvalue weighted by molar-refractivity contribution is 0.463. The lowest BCUT2D eigenvalue weighted by Gasteiger charge is -2.13. The Kier molecular flexibility index (Phi) is 20.7. The molecule has 0 amide bonds. The van der Waals surface area contributed by atoms with Gasteiger partial charge in [0.05, 0.1) is 0 Å². The Balaban J connectivity index is 3.30. The van der Waals surface area contributed by atoms with Gasteiger partial charge in [-0.25, -0.2) is 0 Å². The maximum atomic E-state index is 11.4. The van der Waals surface area contributed by atoms with Crippen LogP contribution in [-0.4, -0.2) is 10.6 Å². The summed E-state index contributed by atoms with van der Waals surface area (Å²) in [6.07, 6.45) is 24.6. The number of hydrogen-bond donors (Lipinski definition) is 1. The molecule has 2 unspecified atom stereocenters. The molecule has 25 heavy (non-hydrogen) atoms. The third-order valence-corrected chi connectivity index (χ3v) is 6.69. The molecule has 0 spiro atoms. The first-order chi connectivity index (χ1) is 12.2. The lowest BCUT2D eigenvalue weighted by Crippen LogP contribution is -2.02. The van der Waals surface area contributed by atoms with Gasteiger partial charge < -0.3 is 4.89 Å². The molecule has 1 N–H and O–H groups in total. The van der Waals surface area contributed by atoms with Gasteiger partial charge in [0.15, 0.2) is 8.03 Å². The van der Waals surface area contributed by atoms with E-state index < -0.39 is 8.03 Å². The first kappa shape index (κ1) is 25.2. The molecule has 0 aliphatic heterocycles. The van der Waals surface area contributed by atoms with Crippen LogP contribution in [0.3, 0.4) is 0 Å². The molecule has 0 aliphatic rings. The number of hydrogen-bond acceptors (Lipinski definition) is 1. The summed E-state index contributed by atoms with van der Waals surface area (Å²) in [6, 6.07) is 0. The van der Waals surface area contributed by atoms with Crippen LogP contribution in [0.1, 0.15) is 136 Å². The Labute approximate surface area is 159 Å². The predicted octanol–water partition coefficient (Wildman–Crippen LogP) is 8.27. The topological polar surface area (TPSA) is 37.3 Å². The van der Waals surface area contributed by atoms with E-state index in [0.717, 1.165) is 25.7 Å². The summed E-state index contributed by atoms with van der Waals surface area (Å²) in [6.45, 7) is 4.46. The molecule has 0 rings (SSSR count). The molecule has 0 aromatic rings. The second-order valence-corrected chi connectivity index (χ2v) is 9.41. The summed E-state index contributed by atoms with van der Waals surface area (Å²) in [5, 5.41) is 0. The molecule has 2 atom stereocenters. The highest BCUT2D eigenvalue weighted by atomic mass is 31.1. The predicted molar refractivity (Wildman–Crippen MR) is 114 cm³/mol. The molecular weight excluding hydrogens is 327 g/mol. The first-order valence-electron chi connectivity index (χ1n) is 11.4. The summed E-state index contributed by atoms with van der Waals surface area (Å²) < 4.78 is 11.4. The van der Waals surface area contributed by atoms with Crippen molar-refractivity contribution in [1.29, 1.82) is 0 Å². The van der Waals surface area contributed by atoms with E-state index in [0.29, 0.717) is 0 Å². The maximum Gasteiger partial charge on any atom is 0.192 e. The van der Waals surface area contributed by atoms with E-state index in [1.165, 1.54) is 96.3 Å². The SMILES string of the molecule is CCCCCCCCCCCCCCCCC(CCCCC)[PH](=O)O. The van der Waals surface area contributed by atoms with E-state index in [9.17, 15) is 9.46 Å². The van der Waals surface area contributed by atoms with Crippen molar-refractivity contribution in [3.05, 3.63) is 0 Å². The molecule has 0 saturated heterocycles. The second-order valence-electron chi connectivity index (χ2n) is 7.92. The zero-order valence-corrected chi connectivity index (χ0v) is 18.4. The van der Waals surface area contributed by atoms with E-state index in [-0.39, 0.29) is 5.66 Å². The molecule has 0 aromatic carbocycles. The maximum absolute atomic E-state index is 11.4. The monoisotopic (exact) mass is 374 g/mol. The van der Waals surface area contributed by atoms with E-state index >= 15 is 0 Å². The van der Waals surface area contributed by atoms with Crippen LogP contribution in [0.5, 0.6) is 0 Å². The Morgan fingerprint density at radius 3 is 1.20 bits per heavy atom. The fourth-order valence-corrected chi connectivity index (χ4v) is 4.52. The molecule has 2 nitrogen and oxygen atoms in total. The molecule has 3 heteroatoms. The van der Waals surface area contributed by atoms with Crippen molar-refractivity contribution in [2.45, 2.75) is 142 Å². The Hall–Kier alpha value is 0.190. The van der Waals surface area contributed by atoms with E-state index in [1.807, 2.05) is 0 Å². The van der Waals surface area contributed by atoms with Crippen LogP contribution in [0.25, 0.3) is 0 Å². The Morgan fingerprint density at radius 2 is 0.840 bits per heavy atom. The molecule has 0 radical (unpaired) electrons. The van der Waals surface area contributed by atoms with Gasteiger partial charge in [0, 0.05) is 5.66 Å². The van der Waals surface area contributed by atoms with Gasteiger partial charge in [0.25, 0.3) is 0 Å². The molecule has 0 bridgehead atoms. The average Bonchev–Trinajstić information content (AvgIpc) is 2.60. The van der Waals surface area contributed by atoms with Crippen molar-refractivity contribution in [1.82, 2.24) is 0 Å². The van der Waals surface area contributed by atoms with Crippen molar-refractivity contribution < 1.29 is 9.46 Å². The van der Waals surface area contributed by atoms with Gasteiger partial charge in [-0.05, 0) is 12.8 Å². The van der Waals surface area contributed by atoms with Gasteiger partial charge in [0.2, 0.25) is 0 Å². The number of rotatable bonds is 20. The van der Waals surface area contributed by atoms with Gasteiger partial charge >= 0.3 is 0 Å².